The fraction of sp³-hybridized carbons (Fsp3) is 0.679. The molecule has 2 N–H and O–H groups in total. The lowest BCUT2D eigenvalue weighted by atomic mass is 9.49. The maximum Gasteiger partial charge on any atom is 0.115 e. The molecule has 0 amide bonds. The lowest BCUT2D eigenvalue weighted by Gasteiger charge is -2.63. The van der Waals surface area contributed by atoms with Gasteiger partial charge in [0.2, 0.25) is 0 Å². The highest BCUT2D eigenvalue weighted by molar-refractivity contribution is 5.52. The van der Waals surface area contributed by atoms with Crippen LogP contribution in [-0.2, 0) is 24.7 Å². The Bertz CT molecular complexity index is 1130. The number of phenols is 1. The van der Waals surface area contributed by atoms with E-state index in [2.05, 4.69) is 34.5 Å². The van der Waals surface area contributed by atoms with Crippen LogP contribution in [-0.4, -0.2) is 74.7 Å². The molecule has 1 saturated carbocycles. The number of rotatable bonds is 3. The highest BCUT2D eigenvalue weighted by Crippen LogP contribution is 2.58. The number of benzene rings is 1. The van der Waals surface area contributed by atoms with Crippen LogP contribution in [0.5, 0.6) is 5.75 Å². The fourth-order valence-electron chi connectivity index (χ4n) is 8.01. The molecule has 3 heterocycles. The van der Waals surface area contributed by atoms with Crippen molar-refractivity contribution < 1.29 is 10.2 Å². The maximum atomic E-state index is 12.8. The van der Waals surface area contributed by atoms with Gasteiger partial charge in [0.25, 0.3) is 0 Å². The van der Waals surface area contributed by atoms with Crippen LogP contribution in [0, 0.1) is 12.8 Å². The Balaban J connectivity index is 1.36. The van der Waals surface area contributed by atoms with Crippen molar-refractivity contribution in [2.45, 2.75) is 81.4 Å². The summed E-state index contributed by atoms with van der Waals surface area (Å²) in [5.74, 6) is 1.13. The van der Waals surface area contributed by atoms with E-state index in [1.807, 2.05) is 12.1 Å². The van der Waals surface area contributed by atoms with Crippen molar-refractivity contribution in [2.75, 3.05) is 33.2 Å². The van der Waals surface area contributed by atoms with Gasteiger partial charge >= 0.3 is 0 Å². The van der Waals surface area contributed by atoms with E-state index in [4.69, 9.17) is 5.10 Å². The molecule has 1 aromatic carbocycles. The zero-order valence-electron chi connectivity index (χ0n) is 20.6. The third kappa shape index (κ3) is 2.94. The summed E-state index contributed by atoms with van der Waals surface area (Å²) in [6, 6.07) is 6.51. The summed E-state index contributed by atoms with van der Waals surface area (Å²) in [5, 5.41) is 28.4. The first-order valence-corrected chi connectivity index (χ1v) is 13.4. The van der Waals surface area contributed by atoms with Crippen LogP contribution in [0.25, 0.3) is 0 Å². The van der Waals surface area contributed by atoms with E-state index in [0.717, 1.165) is 69.9 Å². The first kappa shape index (κ1) is 21.4. The molecule has 5 aliphatic rings. The minimum absolute atomic E-state index is 0.137. The number of nitrogens with zero attached hydrogens (tertiary/aromatic N) is 4. The van der Waals surface area contributed by atoms with Crippen LogP contribution < -0.4 is 0 Å². The number of aromatic nitrogens is 2. The Hall–Kier alpha value is -1.89. The van der Waals surface area contributed by atoms with Crippen LogP contribution in [0.4, 0.5) is 0 Å². The maximum absolute atomic E-state index is 12.8. The number of aromatic hydroxyl groups is 1. The largest absolute Gasteiger partial charge is 0.508 e. The second-order valence-electron chi connectivity index (χ2n) is 12.1. The number of hydrogen-bond donors (Lipinski definition) is 2. The molecule has 7 rings (SSSR count). The number of likely N-dealkylation sites (tertiary alicyclic amines) is 2. The van der Waals surface area contributed by atoms with Crippen molar-refractivity contribution in [1.29, 1.82) is 0 Å². The summed E-state index contributed by atoms with van der Waals surface area (Å²) in [4.78, 5) is 5.03. The molecule has 1 aromatic heterocycles. The molecule has 2 aliphatic heterocycles. The molecule has 182 valence electrons. The predicted octanol–water partition coefficient (Wildman–Crippen LogP) is 2.97. The Morgan fingerprint density at radius 2 is 1.88 bits per heavy atom. The smallest absolute Gasteiger partial charge is 0.115 e. The fourth-order valence-corrected chi connectivity index (χ4v) is 8.01. The molecular weight excluding hydrogens is 424 g/mol. The summed E-state index contributed by atoms with van der Waals surface area (Å²) in [6.45, 7) is 6.53. The van der Waals surface area contributed by atoms with Gasteiger partial charge in [0.05, 0.1) is 17.3 Å². The third-order valence-corrected chi connectivity index (χ3v) is 10.1. The first-order chi connectivity index (χ1) is 16.4. The van der Waals surface area contributed by atoms with Crippen LogP contribution in [0.3, 0.4) is 0 Å². The van der Waals surface area contributed by atoms with E-state index >= 15 is 0 Å². The average molecular weight is 463 g/mol. The summed E-state index contributed by atoms with van der Waals surface area (Å²) in [7, 11) is 2.21. The second kappa shape index (κ2) is 7.31. The lowest BCUT2D eigenvalue weighted by molar-refractivity contribution is -0.152. The van der Waals surface area contributed by atoms with Gasteiger partial charge in [0.15, 0.2) is 0 Å². The molecule has 3 aliphatic carbocycles. The molecule has 6 nitrogen and oxygen atoms in total. The highest BCUT2D eigenvalue weighted by atomic mass is 16.3. The van der Waals surface area contributed by atoms with Gasteiger partial charge in [-0.15, -0.1) is 0 Å². The van der Waals surface area contributed by atoms with Gasteiger partial charge in [-0.25, -0.2) is 0 Å². The zero-order valence-corrected chi connectivity index (χ0v) is 20.6. The van der Waals surface area contributed by atoms with Gasteiger partial charge in [-0.2, -0.15) is 5.10 Å². The summed E-state index contributed by atoms with van der Waals surface area (Å²) >= 11 is 0. The third-order valence-electron chi connectivity index (χ3n) is 10.1. The van der Waals surface area contributed by atoms with E-state index in [1.54, 1.807) is 0 Å². The zero-order chi connectivity index (χ0) is 23.2. The van der Waals surface area contributed by atoms with Gasteiger partial charge in [-0.3, -0.25) is 9.58 Å². The van der Waals surface area contributed by atoms with Crippen molar-refractivity contribution in [1.82, 2.24) is 19.6 Å². The monoisotopic (exact) mass is 462 g/mol. The molecule has 34 heavy (non-hydrogen) atoms. The molecule has 2 bridgehead atoms. The number of phenolic OH excluding ortho intramolecular Hbond substituents is 1. The van der Waals surface area contributed by atoms with Gasteiger partial charge in [0.1, 0.15) is 5.75 Å². The van der Waals surface area contributed by atoms with Crippen molar-refractivity contribution in [3.8, 4) is 5.75 Å². The molecule has 2 aromatic rings. The van der Waals surface area contributed by atoms with Crippen molar-refractivity contribution >= 4 is 0 Å². The molecule has 2 saturated heterocycles. The molecule has 0 unspecified atom stereocenters. The standard InChI is InChI=1S/C28H38N4O2/c1-18-23-15-28(34)26-13-20-5-6-22(33)14-24(20)27(28,9-12-31(26)17-19-3-4-19)16-25(23)32(29-18)21-7-10-30(2)11-8-21/h5-6,14,19,21,26,33-34H,3-4,7-13,15-17H2,1-2H3/t26-,27-,28-/m1/s1. The van der Waals surface area contributed by atoms with E-state index in [1.165, 1.54) is 35.2 Å². The summed E-state index contributed by atoms with van der Waals surface area (Å²) in [6.07, 6.45) is 8.27. The van der Waals surface area contributed by atoms with Gasteiger partial charge in [-0.05, 0) is 107 Å². The molecule has 3 fully saturated rings. The Labute approximate surface area is 202 Å². The summed E-state index contributed by atoms with van der Waals surface area (Å²) in [5.41, 5.74) is 5.08. The van der Waals surface area contributed by atoms with Gasteiger partial charge in [-0.1, -0.05) is 6.07 Å². The molecule has 0 radical (unpaired) electrons. The minimum atomic E-state index is -0.820. The predicted molar refractivity (Wildman–Crippen MR) is 131 cm³/mol. The van der Waals surface area contributed by atoms with Crippen LogP contribution >= 0.6 is 0 Å². The number of fused-ring (bicyclic) bond motifs is 2. The average Bonchev–Trinajstić information content (AvgIpc) is 3.58. The number of hydrogen-bond acceptors (Lipinski definition) is 5. The normalized spacial score (nSPS) is 33.9. The van der Waals surface area contributed by atoms with E-state index < -0.39 is 5.60 Å². The highest BCUT2D eigenvalue weighted by Gasteiger charge is 2.65. The van der Waals surface area contributed by atoms with Gasteiger partial charge < -0.3 is 15.1 Å². The Kier molecular flexibility index (Phi) is 4.60. The molecular formula is C28H38N4O2. The van der Waals surface area contributed by atoms with Crippen molar-refractivity contribution in [2.24, 2.45) is 5.92 Å². The van der Waals surface area contributed by atoms with Crippen LogP contribution in [0.2, 0.25) is 0 Å². The topological polar surface area (TPSA) is 64.8 Å². The van der Waals surface area contributed by atoms with Crippen molar-refractivity contribution in [3.63, 3.8) is 0 Å². The molecule has 0 spiro atoms. The van der Waals surface area contributed by atoms with Gasteiger partial charge in [0, 0.05) is 36.5 Å². The number of aryl methyl sites for hydroxylation is 1. The Morgan fingerprint density at radius 3 is 2.65 bits per heavy atom. The van der Waals surface area contributed by atoms with E-state index in [0.29, 0.717) is 18.2 Å². The molecule has 6 heteroatoms. The van der Waals surface area contributed by atoms with E-state index in [-0.39, 0.29) is 11.5 Å². The van der Waals surface area contributed by atoms with E-state index in [9.17, 15) is 10.2 Å². The van der Waals surface area contributed by atoms with Crippen LogP contribution in [0.1, 0.15) is 66.2 Å². The second-order valence-corrected chi connectivity index (χ2v) is 12.1. The minimum Gasteiger partial charge on any atom is -0.508 e. The molecule has 3 atom stereocenters. The lowest BCUT2D eigenvalue weighted by Crippen LogP contribution is -2.74. The quantitative estimate of drug-likeness (QED) is 0.734. The number of piperidine rings is 2. The summed E-state index contributed by atoms with van der Waals surface area (Å²) < 4.78 is 2.36. The van der Waals surface area contributed by atoms with Crippen LogP contribution in [0.15, 0.2) is 18.2 Å². The Morgan fingerprint density at radius 1 is 1.09 bits per heavy atom. The van der Waals surface area contributed by atoms with Crippen molar-refractivity contribution in [3.05, 3.63) is 46.3 Å². The SMILES string of the molecule is Cc1nn(C2CCN(C)CC2)c2c1C[C@@]1(O)[C@H]3Cc4ccc(O)cc4[C@@]1(CCN3CC1CC1)C2. The first-order valence-electron chi connectivity index (χ1n) is 13.4. The number of aliphatic hydroxyl groups is 1.